The van der Waals surface area contributed by atoms with Crippen LogP contribution in [0.15, 0.2) is 6.20 Å². The Morgan fingerprint density at radius 3 is 2.59 bits per heavy atom. The van der Waals surface area contributed by atoms with Gasteiger partial charge in [-0.1, -0.05) is 12.8 Å². The lowest BCUT2D eigenvalue weighted by atomic mass is 10.2. The monoisotopic (exact) mass is 233 g/mol. The first-order valence-corrected chi connectivity index (χ1v) is 6.63. The van der Waals surface area contributed by atoms with Gasteiger partial charge in [-0.3, -0.25) is 0 Å². The van der Waals surface area contributed by atoms with Gasteiger partial charge in [-0.05, 0) is 25.7 Å². The molecule has 3 rings (SSSR count). The summed E-state index contributed by atoms with van der Waals surface area (Å²) in [7, 11) is 0. The second-order valence-electron chi connectivity index (χ2n) is 4.96. The summed E-state index contributed by atoms with van der Waals surface area (Å²) in [5, 5.41) is 11.4. The van der Waals surface area contributed by atoms with Crippen molar-refractivity contribution in [1.82, 2.24) is 15.2 Å². The Hall–Kier alpha value is -1.39. The molecule has 0 radical (unpaired) electrons. The Kier molecular flexibility index (Phi) is 3.07. The minimum atomic E-state index is 0.580. The van der Waals surface area contributed by atoms with E-state index in [1.807, 2.05) is 0 Å². The van der Waals surface area contributed by atoms with Crippen molar-refractivity contribution in [3.63, 3.8) is 0 Å². The maximum absolute atomic E-state index is 4.56. The van der Waals surface area contributed by atoms with E-state index in [4.69, 9.17) is 0 Å². The molecule has 1 saturated heterocycles. The zero-order valence-electron chi connectivity index (χ0n) is 10.1. The zero-order chi connectivity index (χ0) is 11.5. The lowest BCUT2D eigenvalue weighted by Gasteiger charge is -2.20. The van der Waals surface area contributed by atoms with Crippen molar-refractivity contribution in [3.8, 4) is 0 Å². The molecule has 0 aromatic carbocycles. The van der Waals surface area contributed by atoms with Crippen LogP contribution in [-0.4, -0.2) is 34.3 Å². The van der Waals surface area contributed by atoms with Gasteiger partial charge in [-0.15, -0.1) is 5.10 Å². The third-order valence-electron chi connectivity index (χ3n) is 3.39. The maximum atomic E-state index is 4.56. The van der Waals surface area contributed by atoms with Crippen LogP contribution < -0.4 is 10.2 Å². The Morgan fingerprint density at radius 1 is 1.12 bits per heavy atom. The summed E-state index contributed by atoms with van der Waals surface area (Å²) in [6.45, 7) is 2.20. The van der Waals surface area contributed by atoms with Gasteiger partial charge in [0.2, 0.25) is 5.95 Å². The number of nitrogens with one attached hydrogen (secondary N) is 1. The fourth-order valence-electron chi connectivity index (χ4n) is 2.22. The Bertz CT molecular complexity index is 369. The predicted molar refractivity (Wildman–Crippen MR) is 67.2 cm³/mol. The van der Waals surface area contributed by atoms with Gasteiger partial charge < -0.3 is 10.2 Å². The standard InChI is InChI=1S/C12H19N5/c1-2-4-8-17(7-3-1)11-9-13-16-12(15-11)14-10-5-6-10/h9-10H,1-8H2,(H,14,15,16). The molecule has 2 heterocycles. The lowest BCUT2D eigenvalue weighted by Crippen LogP contribution is -2.25. The average molecular weight is 233 g/mol. The third-order valence-corrected chi connectivity index (χ3v) is 3.39. The van der Waals surface area contributed by atoms with E-state index in [2.05, 4.69) is 25.4 Å². The minimum Gasteiger partial charge on any atom is -0.355 e. The fourth-order valence-corrected chi connectivity index (χ4v) is 2.22. The van der Waals surface area contributed by atoms with E-state index < -0.39 is 0 Å². The molecule has 1 saturated carbocycles. The molecule has 0 unspecified atom stereocenters. The van der Waals surface area contributed by atoms with Crippen molar-refractivity contribution in [2.24, 2.45) is 0 Å². The maximum Gasteiger partial charge on any atom is 0.244 e. The second kappa shape index (κ2) is 4.85. The Morgan fingerprint density at radius 2 is 1.88 bits per heavy atom. The predicted octanol–water partition coefficient (Wildman–Crippen LogP) is 1.83. The number of nitrogens with zero attached hydrogens (tertiary/aromatic N) is 4. The quantitative estimate of drug-likeness (QED) is 0.863. The summed E-state index contributed by atoms with van der Waals surface area (Å²) < 4.78 is 0. The molecule has 2 fully saturated rings. The summed E-state index contributed by atoms with van der Waals surface area (Å²) in [4.78, 5) is 6.89. The smallest absolute Gasteiger partial charge is 0.244 e. The Balaban J connectivity index is 1.71. The van der Waals surface area contributed by atoms with Crippen molar-refractivity contribution >= 4 is 11.8 Å². The van der Waals surface area contributed by atoms with Crippen molar-refractivity contribution in [2.45, 2.75) is 44.6 Å². The number of aromatic nitrogens is 3. The highest BCUT2D eigenvalue weighted by Gasteiger charge is 2.22. The van der Waals surface area contributed by atoms with Gasteiger partial charge in [0.05, 0.1) is 6.20 Å². The molecule has 0 amide bonds. The van der Waals surface area contributed by atoms with Gasteiger partial charge in [-0.25, -0.2) is 0 Å². The minimum absolute atomic E-state index is 0.580. The highest BCUT2D eigenvalue weighted by molar-refractivity contribution is 5.41. The molecular weight excluding hydrogens is 214 g/mol. The van der Waals surface area contributed by atoms with Gasteiger partial charge in [0.15, 0.2) is 5.82 Å². The molecule has 1 aliphatic carbocycles. The lowest BCUT2D eigenvalue weighted by molar-refractivity contribution is 0.726. The van der Waals surface area contributed by atoms with Crippen LogP contribution in [0.1, 0.15) is 38.5 Å². The van der Waals surface area contributed by atoms with Crippen LogP contribution in [0.25, 0.3) is 0 Å². The van der Waals surface area contributed by atoms with E-state index in [1.165, 1.54) is 38.5 Å². The summed E-state index contributed by atoms with van der Waals surface area (Å²) in [6, 6.07) is 0.580. The number of hydrogen-bond donors (Lipinski definition) is 1. The molecule has 1 aromatic rings. The van der Waals surface area contributed by atoms with Crippen LogP contribution in [0.2, 0.25) is 0 Å². The highest BCUT2D eigenvalue weighted by Crippen LogP contribution is 2.23. The molecule has 5 heteroatoms. The molecule has 5 nitrogen and oxygen atoms in total. The SMILES string of the molecule is c1nnc(NC2CC2)nc1N1CCCCCC1. The van der Waals surface area contributed by atoms with Gasteiger partial charge >= 0.3 is 0 Å². The van der Waals surface area contributed by atoms with E-state index >= 15 is 0 Å². The van der Waals surface area contributed by atoms with Crippen molar-refractivity contribution in [2.75, 3.05) is 23.3 Å². The molecule has 0 bridgehead atoms. The molecule has 1 aromatic heterocycles. The molecule has 1 N–H and O–H groups in total. The zero-order valence-corrected chi connectivity index (χ0v) is 10.1. The summed E-state index contributed by atoms with van der Waals surface area (Å²) in [6.07, 6.45) is 9.44. The van der Waals surface area contributed by atoms with E-state index in [0.717, 1.165) is 18.9 Å². The number of anilines is 2. The topological polar surface area (TPSA) is 53.9 Å². The van der Waals surface area contributed by atoms with Crippen LogP contribution >= 0.6 is 0 Å². The van der Waals surface area contributed by atoms with E-state index in [1.54, 1.807) is 6.20 Å². The molecular formula is C12H19N5. The molecule has 0 spiro atoms. The largest absolute Gasteiger partial charge is 0.355 e. The van der Waals surface area contributed by atoms with Crippen LogP contribution in [0.5, 0.6) is 0 Å². The summed E-state index contributed by atoms with van der Waals surface area (Å²) >= 11 is 0. The molecule has 92 valence electrons. The van der Waals surface area contributed by atoms with Crippen molar-refractivity contribution < 1.29 is 0 Å². The first-order chi connectivity index (χ1) is 8.42. The average Bonchev–Trinajstić information content (AvgIpc) is 3.15. The van der Waals surface area contributed by atoms with Crippen LogP contribution in [0.4, 0.5) is 11.8 Å². The van der Waals surface area contributed by atoms with Crippen LogP contribution in [-0.2, 0) is 0 Å². The van der Waals surface area contributed by atoms with E-state index in [-0.39, 0.29) is 0 Å². The van der Waals surface area contributed by atoms with Crippen LogP contribution in [0.3, 0.4) is 0 Å². The molecule has 17 heavy (non-hydrogen) atoms. The second-order valence-corrected chi connectivity index (χ2v) is 4.96. The first kappa shape index (κ1) is 10.7. The van der Waals surface area contributed by atoms with Gasteiger partial charge in [0, 0.05) is 19.1 Å². The number of hydrogen-bond acceptors (Lipinski definition) is 5. The van der Waals surface area contributed by atoms with E-state index in [0.29, 0.717) is 12.0 Å². The van der Waals surface area contributed by atoms with Crippen molar-refractivity contribution in [3.05, 3.63) is 6.20 Å². The highest BCUT2D eigenvalue weighted by atomic mass is 15.3. The van der Waals surface area contributed by atoms with E-state index in [9.17, 15) is 0 Å². The molecule has 2 aliphatic rings. The third kappa shape index (κ3) is 2.84. The molecule has 1 aliphatic heterocycles. The van der Waals surface area contributed by atoms with Crippen LogP contribution in [0, 0.1) is 0 Å². The Labute approximate surface area is 102 Å². The summed E-state index contributed by atoms with van der Waals surface area (Å²) in [5.74, 6) is 1.67. The van der Waals surface area contributed by atoms with Gasteiger partial charge in [0.1, 0.15) is 0 Å². The summed E-state index contributed by atoms with van der Waals surface area (Å²) in [5.41, 5.74) is 0. The number of rotatable bonds is 3. The van der Waals surface area contributed by atoms with Gasteiger partial charge in [0.25, 0.3) is 0 Å². The van der Waals surface area contributed by atoms with Crippen molar-refractivity contribution in [1.29, 1.82) is 0 Å². The fraction of sp³-hybridized carbons (Fsp3) is 0.750. The van der Waals surface area contributed by atoms with Gasteiger partial charge in [-0.2, -0.15) is 10.1 Å². The first-order valence-electron chi connectivity index (χ1n) is 6.63. The normalized spacial score (nSPS) is 21.1. The molecule has 0 atom stereocenters.